The highest BCUT2D eigenvalue weighted by atomic mass is 16.6. The van der Waals surface area contributed by atoms with E-state index in [4.69, 9.17) is 19.6 Å². The Morgan fingerprint density at radius 3 is 2.36 bits per heavy atom. The number of aryl methyl sites for hydroxylation is 2. The van der Waals surface area contributed by atoms with Crippen LogP contribution in [0, 0.1) is 13.8 Å². The molecule has 1 aromatic carbocycles. The van der Waals surface area contributed by atoms with Crippen molar-refractivity contribution >= 4 is 17.6 Å². The van der Waals surface area contributed by atoms with Crippen molar-refractivity contribution in [2.45, 2.75) is 60.5 Å². The number of nitrogens with zero attached hydrogens (tertiary/aromatic N) is 4. The van der Waals surface area contributed by atoms with Gasteiger partial charge < -0.3 is 19.7 Å². The number of fused-ring (bicyclic) bond motifs is 1. The minimum absolute atomic E-state index is 0.0505. The zero-order valence-electron chi connectivity index (χ0n) is 22.3. The summed E-state index contributed by atoms with van der Waals surface area (Å²) in [5.74, 6) is 0.717. The van der Waals surface area contributed by atoms with Crippen molar-refractivity contribution in [1.29, 1.82) is 0 Å². The van der Waals surface area contributed by atoms with Crippen molar-refractivity contribution in [2.75, 3.05) is 26.2 Å². The van der Waals surface area contributed by atoms with Crippen LogP contribution in [0.15, 0.2) is 30.3 Å². The summed E-state index contributed by atoms with van der Waals surface area (Å²) in [5, 5.41) is 7.50. The van der Waals surface area contributed by atoms with Gasteiger partial charge in [-0.25, -0.2) is 14.3 Å². The molecule has 0 aliphatic carbocycles. The number of rotatable bonds is 9. The maximum atomic E-state index is 13.0. The van der Waals surface area contributed by atoms with Gasteiger partial charge >= 0.3 is 6.09 Å². The van der Waals surface area contributed by atoms with E-state index in [1.165, 1.54) is 0 Å². The molecule has 0 aliphatic rings. The van der Waals surface area contributed by atoms with Gasteiger partial charge in [0.25, 0.3) is 0 Å². The zero-order valence-corrected chi connectivity index (χ0v) is 22.3. The van der Waals surface area contributed by atoms with Crippen molar-refractivity contribution in [3.63, 3.8) is 0 Å². The largest absolute Gasteiger partial charge is 0.492 e. The van der Waals surface area contributed by atoms with Crippen molar-refractivity contribution in [3.05, 3.63) is 47.3 Å². The maximum absolute atomic E-state index is 13.0. The second-order valence-corrected chi connectivity index (χ2v) is 9.65. The molecule has 0 saturated heterocycles. The van der Waals surface area contributed by atoms with Gasteiger partial charge in [0.2, 0.25) is 5.91 Å². The monoisotopic (exact) mass is 495 g/mol. The molecule has 1 N–H and O–H groups in total. The third kappa shape index (κ3) is 6.74. The van der Waals surface area contributed by atoms with Gasteiger partial charge in [0.1, 0.15) is 18.0 Å². The molecular weight excluding hydrogens is 458 g/mol. The van der Waals surface area contributed by atoms with E-state index in [9.17, 15) is 9.59 Å². The van der Waals surface area contributed by atoms with Crippen LogP contribution in [0.25, 0.3) is 16.9 Å². The fourth-order valence-electron chi connectivity index (χ4n) is 3.94. The number of alkyl carbamates (subject to hydrolysis) is 1. The first-order valence-corrected chi connectivity index (χ1v) is 12.4. The number of hydrogen-bond donors (Lipinski definition) is 1. The number of carbonyl (C=O) groups excluding carboxylic acids is 2. The third-order valence-electron chi connectivity index (χ3n) is 5.60. The van der Waals surface area contributed by atoms with Crippen molar-refractivity contribution < 1.29 is 19.1 Å². The highest BCUT2D eigenvalue weighted by molar-refractivity contribution is 5.84. The molecule has 2 heterocycles. The minimum Gasteiger partial charge on any atom is -0.492 e. The highest BCUT2D eigenvalue weighted by Gasteiger charge is 2.22. The van der Waals surface area contributed by atoms with Gasteiger partial charge in [0.15, 0.2) is 5.65 Å². The molecule has 0 aliphatic heterocycles. The van der Waals surface area contributed by atoms with Gasteiger partial charge in [-0.05, 0) is 78.8 Å². The average molecular weight is 496 g/mol. The first-order valence-electron chi connectivity index (χ1n) is 12.4. The topological polar surface area (TPSA) is 98.1 Å². The van der Waals surface area contributed by atoms with E-state index < -0.39 is 11.7 Å². The number of hydrogen-bond acceptors (Lipinski definition) is 6. The fourth-order valence-corrected chi connectivity index (χ4v) is 3.94. The first-order chi connectivity index (χ1) is 17.0. The summed E-state index contributed by atoms with van der Waals surface area (Å²) in [6.07, 6.45) is -0.246. The van der Waals surface area contributed by atoms with E-state index in [2.05, 4.69) is 5.32 Å². The Labute approximate surface area is 212 Å². The first kappa shape index (κ1) is 27.0. The summed E-state index contributed by atoms with van der Waals surface area (Å²) in [4.78, 5) is 31.3. The summed E-state index contributed by atoms with van der Waals surface area (Å²) in [7, 11) is 0. The predicted molar refractivity (Wildman–Crippen MR) is 139 cm³/mol. The Balaban J connectivity index is 1.78. The van der Waals surface area contributed by atoms with Crippen LogP contribution in [0.4, 0.5) is 4.79 Å². The summed E-state index contributed by atoms with van der Waals surface area (Å²) in [5.41, 5.74) is 4.42. The predicted octanol–water partition coefficient (Wildman–Crippen LogP) is 4.33. The number of amides is 2. The Morgan fingerprint density at radius 1 is 1.08 bits per heavy atom. The van der Waals surface area contributed by atoms with Gasteiger partial charge in [-0.3, -0.25) is 4.79 Å². The van der Waals surface area contributed by atoms with Crippen molar-refractivity contribution in [2.24, 2.45) is 0 Å². The molecule has 9 heteroatoms. The molecule has 2 aromatic heterocycles. The summed E-state index contributed by atoms with van der Waals surface area (Å²) < 4.78 is 12.8. The number of carbonyl (C=O) groups is 2. The quantitative estimate of drug-likeness (QED) is 0.444. The lowest BCUT2D eigenvalue weighted by Gasteiger charge is -2.19. The second-order valence-electron chi connectivity index (χ2n) is 9.65. The normalized spacial score (nSPS) is 11.4. The van der Waals surface area contributed by atoms with Gasteiger partial charge in [0.05, 0.1) is 18.7 Å². The summed E-state index contributed by atoms with van der Waals surface area (Å²) in [6, 6.07) is 9.53. The van der Waals surface area contributed by atoms with E-state index >= 15 is 0 Å². The SMILES string of the molecule is CCN(CC)C(=O)Cc1c(-c2ccc(OCCNC(=O)OC(C)(C)C)cc2)nn2c(C)cc(C)nc12. The van der Waals surface area contributed by atoms with Gasteiger partial charge in [0, 0.05) is 35.6 Å². The molecule has 0 radical (unpaired) electrons. The van der Waals surface area contributed by atoms with Crippen molar-refractivity contribution in [1.82, 2.24) is 24.8 Å². The Morgan fingerprint density at radius 2 is 1.75 bits per heavy atom. The van der Waals surface area contributed by atoms with Crippen molar-refractivity contribution in [3.8, 4) is 17.0 Å². The molecular formula is C27H37N5O4. The molecule has 3 rings (SSSR count). The third-order valence-corrected chi connectivity index (χ3v) is 5.60. The number of likely N-dealkylation sites (N-methyl/N-ethyl adjacent to an activating group) is 1. The lowest BCUT2D eigenvalue weighted by molar-refractivity contribution is -0.130. The molecule has 0 atom stereocenters. The molecule has 0 fully saturated rings. The maximum Gasteiger partial charge on any atom is 0.407 e. The van der Waals surface area contributed by atoms with Gasteiger partial charge in [-0.2, -0.15) is 5.10 Å². The number of ether oxygens (including phenoxy) is 2. The van der Waals surface area contributed by atoms with Crippen LogP contribution in [0.1, 0.15) is 51.6 Å². The standard InChI is InChI=1S/C27H37N5O4/c1-8-31(9-2)23(33)17-22-24(30-32-19(4)16-18(3)29-25(22)32)20-10-12-21(13-11-20)35-15-14-28-26(34)36-27(5,6)7/h10-13,16H,8-9,14-15,17H2,1-7H3,(H,28,34). The molecule has 0 spiro atoms. The molecule has 0 saturated carbocycles. The summed E-state index contributed by atoms with van der Waals surface area (Å²) >= 11 is 0. The van der Waals surface area contributed by atoms with E-state index in [0.29, 0.717) is 37.6 Å². The van der Waals surface area contributed by atoms with E-state index in [-0.39, 0.29) is 12.3 Å². The van der Waals surface area contributed by atoms with Crippen LogP contribution in [0.3, 0.4) is 0 Å². The van der Waals surface area contributed by atoms with E-state index in [1.54, 1.807) is 4.52 Å². The highest BCUT2D eigenvalue weighted by Crippen LogP contribution is 2.29. The van der Waals surface area contributed by atoms with Gasteiger partial charge in [-0.1, -0.05) is 0 Å². The Kier molecular flexibility index (Phi) is 8.55. The number of nitrogens with one attached hydrogen (secondary N) is 1. The van der Waals surface area contributed by atoms with Crippen LogP contribution in [-0.4, -0.2) is 63.3 Å². The molecule has 2 amide bonds. The zero-order chi connectivity index (χ0) is 26.5. The molecule has 194 valence electrons. The molecule has 3 aromatic rings. The number of benzene rings is 1. The van der Waals surface area contributed by atoms with Crippen LogP contribution >= 0.6 is 0 Å². The lowest BCUT2D eigenvalue weighted by Crippen LogP contribution is -2.34. The fraction of sp³-hybridized carbons (Fsp3) is 0.481. The van der Waals surface area contributed by atoms with E-state index in [0.717, 1.165) is 28.2 Å². The van der Waals surface area contributed by atoms with Crippen LogP contribution < -0.4 is 10.1 Å². The summed E-state index contributed by atoms with van der Waals surface area (Å²) in [6.45, 7) is 15.3. The van der Waals surface area contributed by atoms with Crippen LogP contribution in [0.2, 0.25) is 0 Å². The Hall–Kier alpha value is -3.62. The Bertz CT molecular complexity index is 1210. The molecule has 0 unspecified atom stereocenters. The molecule has 9 nitrogen and oxygen atoms in total. The number of aromatic nitrogens is 3. The minimum atomic E-state index is -0.541. The van der Waals surface area contributed by atoms with E-state index in [1.807, 2.05) is 83.7 Å². The van der Waals surface area contributed by atoms with Gasteiger partial charge in [-0.15, -0.1) is 0 Å². The smallest absolute Gasteiger partial charge is 0.407 e. The molecule has 36 heavy (non-hydrogen) atoms. The second kappa shape index (κ2) is 11.4. The van der Waals surface area contributed by atoms with Crippen LogP contribution in [0.5, 0.6) is 5.75 Å². The molecule has 0 bridgehead atoms. The lowest BCUT2D eigenvalue weighted by atomic mass is 10.0. The average Bonchev–Trinajstić information content (AvgIpc) is 3.15. The van der Waals surface area contributed by atoms with Crippen LogP contribution in [-0.2, 0) is 16.0 Å².